The van der Waals surface area contributed by atoms with Gasteiger partial charge < -0.3 is 4.74 Å². The molecule has 0 saturated heterocycles. The molecule has 0 atom stereocenters. The number of carbonyl (C=O) groups excluding carboxylic acids is 1. The quantitative estimate of drug-likeness (QED) is 0.756. The zero-order chi connectivity index (χ0) is 12.5. The third kappa shape index (κ3) is 1.68. The average molecular weight is 242 g/mol. The van der Waals surface area contributed by atoms with Gasteiger partial charge in [-0.05, 0) is 23.3 Å². The summed E-state index contributed by atoms with van der Waals surface area (Å²) in [7, 11) is 0. The highest BCUT2D eigenvalue weighted by molar-refractivity contribution is 5.89. The lowest BCUT2D eigenvalue weighted by molar-refractivity contribution is 0.112. The summed E-state index contributed by atoms with van der Waals surface area (Å²) < 4.78 is 18.7. The minimum atomic E-state index is -0.408. The highest BCUT2D eigenvalue weighted by Gasteiger charge is 2.18. The normalized spacial score (nSPS) is 12.9. The maximum absolute atomic E-state index is 13.1. The van der Waals surface area contributed by atoms with Crippen molar-refractivity contribution < 1.29 is 13.9 Å². The number of para-hydroxylation sites is 1. The van der Waals surface area contributed by atoms with Crippen LogP contribution in [0, 0.1) is 5.82 Å². The molecule has 0 aromatic heterocycles. The van der Waals surface area contributed by atoms with Crippen LogP contribution < -0.4 is 4.74 Å². The molecule has 0 fully saturated rings. The molecule has 1 aliphatic heterocycles. The van der Waals surface area contributed by atoms with Crippen molar-refractivity contribution >= 4 is 6.29 Å². The second-order valence-electron chi connectivity index (χ2n) is 4.24. The van der Waals surface area contributed by atoms with Crippen LogP contribution in [-0.4, -0.2) is 12.9 Å². The molecule has 0 bridgehead atoms. The lowest BCUT2D eigenvalue weighted by Gasteiger charge is -2.10. The molecule has 0 saturated carbocycles. The molecule has 1 heterocycles. The summed E-state index contributed by atoms with van der Waals surface area (Å²) >= 11 is 0. The first-order valence-electron chi connectivity index (χ1n) is 5.79. The number of hydrogen-bond acceptors (Lipinski definition) is 2. The molecule has 0 unspecified atom stereocenters. The Labute approximate surface area is 104 Å². The standard InChI is InChI=1S/C15H11FO2/c16-12-4-5-13(11(8-12)9-17)14-3-1-2-10-6-7-18-15(10)14/h1-5,8-9H,6-7H2. The van der Waals surface area contributed by atoms with Crippen LogP contribution in [0.1, 0.15) is 15.9 Å². The van der Waals surface area contributed by atoms with Crippen molar-refractivity contribution in [2.75, 3.05) is 6.61 Å². The highest BCUT2D eigenvalue weighted by atomic mass is 19.1. The first-order chi connectivity index (χ1) is 8.79. The smallest absolute Gasteiger partial charge is 0.150 e. The van der Waals surface area contributed by atoms with Gasteiger partial charge in [-0.25, -0.2) is 4.39 Å². The highest BCUT2D eigenvalue weighted by Crippen LogP contribution is 2.37. The van der Waals surface area contributed by atoms with E-state index in [4.69, 9.17) is 4.74 Å². The fraction of sp³-hybridized carbons (Fsp3) is 0.133. The van der Waals surface area contributed by atoms with Crippen molar-refractivity contribution in [3.05, 3.63) is 53.3 Å². The Morgan fingerprint density at radius 3 is 2.89 bits per heavy atom. The molecule has 0 aliphatic carbocycles. The van der Waals surface area contributed by atoms with Crippen LogP contribution in [0.3, 0.4) is 0 Å². The second kappa shape index (κ2) is 4.26. The summed E-state index contributed by atoms with van der Waals surface area (Å²) in [5.41, 5.74) is 3.05. The average Bonchev–Trinajstić information content (AvgIpc) is 2.86. The summed E-state index contributed by atoms with van der Waals surface area (Å²) in [6.07, 6.45) is 1.55. The van der Waals surface area contributed by atoms with Crippen molar-refractivity contribution in [2.45, 2.75) is 6.42 Å². The zero-order valence-corrected chi connectivity index (χ0v) is 9.65. The van der Waals surface area contributed by atoms with Gasteiger partial charge in [-0.2, -0.15) is 0 Å². The number of aldehydes is 1. The van der Waals surface area contributed by atoms with Crippen molar-refractivity contribution in [3.63, 3.8) is 0 Å². The number of halogens is 1. The molecular formula is C15H11FO2. The summed E-state index contributed by atoms with van der Waals surface area (Å²) in [5, 5.41) is 0. The van der Waals surface area contributed by atoms with Crippen LogP contribution in [0.5, 0.6) is 5.75 Å². The largest absolute Gasteiger partial charge is 0.492 e. The van der Waals surface area contributed by atoms with Gasteiger partial charge in [0.1, 0.15) is 11.6 Å². The first kappa shape index (κ1) is 11.0. The van der Waals surface area contributed by atoms with Gasteiger partial charge in [0.15, 0.2) is 6.29 Å². The van der Waals surface area contributed by atoms with E-state index in [9.17, 15) is 9.18 Å². The Hall–Kier alpha value is -2.16. The van der Waals surface area contributed by atoms with Crippen LogP contribution >= 0.6 is 0 Å². The predicted molar refractivity (Wildman–Crippen MR) is 66.4 cm³/mol. The number of rotatable bonds is 2. The Morgan fingerprint density at radius 1 is 1.17 bits per heavy atom. The Bertz CT molecular complexity index is 620. The maximum Gasteiger partial charge on any atom is 0.150 e. The van der Waals surface area contributed by atoms with Crippen LogP contribution in [0.15, 0.2) is 36.4 Å². The van der Waals surface area contributed by atoms with Crippen molar-refractivity contribution in [2.24, 2.45) is 0 Å². The number of fused-ring (bicyclic) bond motifs is 1. The number of carbonyl (C=O) groups is 1. The van der Waals surface area contributed by atoms with Crippen molar-refractivity contribution in [3.8, 4) is 16.9 Å². The van der Waals surface area contributed by atoms with Gasteiger partial charge in [-0.15, -0.1) is 0 Å². The summed E-state index contributed by atoms with van der Waals surface area (Å²) in [5.74, 6) is 0.404. The molecule has 90 valence electrons. The monoisotopic (exact) mass is 242 g/mol. The van der Waals surface area contributed by atoms with E-state index >= 15 is 0 Å². The van der Waals surface area contributed by atoms with Crippen LogP contribution in [0.4, 0.5) is 4.39 Å². The Balaban J connectivity index is 2.22. The van der Waals surface area contributed by atoms with E-state index < -0.39 is 5.82 Å². The minimum absolute atomic E-state index is 0.346. The van der Waals surface area contributed by atoms with Crippen LogP contribution in [0.25, 0.3) is 11.1 Å². The summed E-state index contributed by atoms with van der Waals surface area (Å²) in [6.45, 7) is 0.657. The topological polar surface area (TPSA) is 26.3 Å². The number of hydrogen-bond donors (Lipinski definition) is 0. The van der Waals surface area contributed by atoms with Gasteiger partial charge in [-0.1, -0.05) is 24.3 Å². The summed E-state index contributed by atoms with van der Waals surface area (Å²) in [4.78, 5) is 11.0. The van der Waals surface area contributed by atoms with E-state index in [2.05, 4.69) is 0 Å². The molecule has 2 nitrogen and oxygen atoms in total. The van der Waals surface area contributed by atoms with E-state index in [0.717, 1.165) is 23.3 Å². The second-order valence-corrected chi connectivity index (χ2v) is 4.24. The third-order valence-corrected chi connectivity index (χ3v) is 3.15. The van der Waals surface area contributed by atoms with E-state index in [1.54, 1.807) is 6.07 Å². The SMILES string of the molecule is O=Cc1cc(F)ccc1-c1cccc2c1OCC2. The van der Waals surface area contributed by atoms with Gasteiger partial charge in [-0.3, -0.25) is 4.79 Å². The molecular weight excluding hydrogens is 231 g/mol. The van der Waals surface area contributed by atoms with E-state index in [1.165, 1.54) is 12.1 Å². The molecule has 2 aromatic carbocycles. The molecule has 3 rings (SSSR count). The summed E-state index contributed by atoms with van der Waals surface area (Å²) in [6, 6.07) is 10.1. The fourth-order valence-electron chi connectivity index (χ4n) is 2.30. The number of ether oxygens (including phenoxy) is 1. The predicted octanol–water partition coefficient (Wildman–Crippen LogP) is 3.24. The fourth-order valence-corrected chi connectivity index (χ4v) is 2.30. The molecule has 2 aromatic rings. The molecule has 0 spiro atoms. The van der Waals surface area contributed by atoms with Gasteiger partial charge in [0.25, 0.3) is 0 Å². The minimum Gasteiger partial charge on any atom is -0.492 e. The van der Waals surface area contributed by atoms with Gasteiger partial charge >= 0.3 is 0 Å². The van der Waals surface area contributed by atoms with E-state index in [-0.39, 0.29) is 0 Å². The first-order valence-corrected chi connectivity index (χ1v) is 5.79. The number of benzene rings is 2. The lowest BCUT2D eigenvalue weighted by Crippen LogP contribution is -1.93. The zero-order valence-electron chi connectivity index (χ0n) is 9.65. The molecule has 3 heteroatoms. The Kier molecular flexibility index (Phi) is 2.59. The third-order valence-electron chi connectivity index (χ3n) is 3.15. The van der Waals surface area contributed by atoms with Gasteiger partial charge in [0.2, 0.25) is 0 Å². The van der Waals surface area contributed by atoms with Crippen molar-refractivity contribution in [1.82, 2.24) is 0 Å². The van der Waals surface area contributed by atoms with Gasteiger partial charge in [0.05, 0.1) is 6.61 Å². The molecule has 0 N–H and O–H groups in total. The van der Waals surface area contributed by atoms with Crippen LogP contribution in [0.2, 0.25) is 0 Å². The Morgan fingerprint density at radius 2 is 2.06 bits per heavy atom. The van der Waals surface area contributed by atoms with Crippen molar-refractivity contribution in [1.29, 1.82) is 0 Å². The molecule has 18 heavy (non-hydrogen) atoms. The van der Waals surface area contributed by atoms with Crippen LogP contribution in [-0.2, 0) is 6.42 Å². The van der Waals surface area contributed by atoms with Gasteiger partial charge in [0, 0.05) is 17.5 Å². The molecule has 0 radical (unpaired) electrons. The molecule has 0 amide bonds. The molecule has 1 aliphatic rings. The van der Waals surface area contributed by atoms with E-state index in [1.807, 2.05) is 18.2 Å². The maximum atomic E-state index is 13.1. The lowest BCUT2D eigenvalue weighted by atomic mass is 9.97. The van der Waals surface area contributed by atoms with E-state index in [0.29, 0.717) is 24.0 Å².